The van der Waals surface area contributed by atoms with Crippen LogP contribution in [0.25, 0.3) is 11.4 Å². The van der Waals surface area contributed by atoms with Crippen LogP contribution in [0.3, 0.4) is 0 Å². The Morgan fingerprint density at radius 2 is 1.51 bits per heavy atom. The minimum absolute atomic E-state index is 0.0273. The third-order valence-electron chi connectivity index (χ3n) is 8.22. The van der Waals surface area contributed by atoms with Gasteiger partial charge in [0.25, 0.3) is 5.91 Å². The second-order valence-electron chi connectivity index (χ2n) is 12.6. The Hall–Kier alpha value is -3.78. The summed E-state index contributed by atoms with van der Waals surface area (Å²) >= 11 is 0. The van der Waals surface area contributed by atoms with Crippen molar-refractivity contribution in [1.29, 1.82) is 0 Å². The largest absolute Gasteiger partial charge is 0.480 e. The van der Waals surface area contributed by atoms with E-state index < -0.39 is 17.9 Å². The van der Waals surface area contributed by atoms with Gasteiger partial charge in [0.1, 0.15) is 6.04 Å². The fraction of sp³-hybridized carbons (Fsp3) is 0.486. The van der Waals surface area contributed by atoms with Gasteiger partial charge in [0.15, 0.2) is 5.82 Å². The molecular formula is C35H47N5O3. The van der Waals surface area contributed by atoms with Gasteiger partial charge in [0, 0.05) is 43.7 Å². The molecule has 1 amide bonds. The number of rotatable bonds is 13. The number of piperazine rings is 1. The van der Waals surface area contributed by atoms with Crippen LogP contribution in [0, 0.1) is 0 Å². The van der Waals surface area contributed by atoms with Crippen molar-refractivity contribution in [3.8, 4) is 11.4 Å². The van der Waals surface area contributed by atoms with Gasteiger partial charge in [-0.2, -0.15) is 0 Å². The number of nitrogens with one attached hydrogen (secondary N) is 1. The number of carboxylic acid groups (broad SMARTS) is 1. The van der Waals surface area contributed by atoms with E-state index in [-0.39, 0.29) is 11.8 Å². The van der Waals surface area contributed by atoms with Crippen molar-refractivity contribution in [2.45, 2.75) is 77.7 Å². The van der Waals surface area contributed by atoms with Crippen molar-refractivity contribution in [3.63, 3.8) is 0 Å². The Labute approximate surface area is 256 Å². The first-order valence-corrected chi connectivity index (χ1v) is 15.7. The Bertz CT molecular complexity index is 1310. The molecule has 1 aliphatic heterocycles. The molecule has 8 nitrogen and oxygen atoms in total. The molecule has 1 saturated heterocycles. The summed E-state index contributed by atoms with van der Waals surface area (Å²) in [6, 6.07) is 13.8. The summed E-state index contributed by atoms with van der Waals surface area (Å²) in [5, 5.41) is 12.5. The summed E-state index contributed by atoms with van der Waals surface area (Å²) in [6.07, 6.45) is 10.5. The van der Waals surface area contributed by atoms with E-state index in [1.54, 1.807) is 12.1 Å². The Morgan fingerprint density at radius 1 is 0.884 bits per heavy atom. The van der Waals surface area contributed by atoms with Crippen LogP contribution in [0.5, 0.6) is 0 Å². The SMILES string of the molecule is CCCCCCCN1CCN(c2cnc(-c3ccc(C[C@H](NC(=O)c4ccc(C(C)(C)C)cc4)C(=O)O)cc3)nc2)CC1. The first-order valence-electron chi connectivity index (χ1n) is 15.7. The zero-order chi connectivity index (χ0) is 30.8. The lowest BCUT2D eigenvalue weighted by Gasteiger charge is -2.35. The number of amides is 1. The minimum atomic E-state index is -1.07. The summed E-state index contributed by atoms with van der Waals surface area (Å²) in [5.74, 6) is -0.847. The third-order valence-corrected chi connectivity index (χ3v) is 8.22. The van der Waals surface area contributed by atoms with Crippen LogP contribution in [0.4, 0.5) is 5.69 Å². The molecule has 1 aromatic heterocycles. The maximum atomic E-state index is 12.8. The van der Waals surface area contributed by atoms with Gasteiger partial charge in [-0.1, -0.05) is 89.8 Å². The van der Waals surface area contributed by atoms with Gasteiger partial charge in [0.2, 0.25) is 0 Å². The summed E-state index contributed by atoms with van der Waals surface area (Å²) in [5.41, 5.74) is 4.23. The molecule has 1 fully saturated rings. The van der Waals surface area contributed by atoms with Gasteiger partial charge in [-0.25, -0.2) is 14.8 Å². The highest BCUT2D eigenvalue weighted by Gasteiger charge is 2.22. The van der Waals surface area contributed by atoms with Crippen LogP contribution in [-0.2, 0) is 16.6 Å². The summed E-state index contributed by atoms with van der Waals surface area (Å²) in [7, 11) is 0. The smallest absolute Gasteiger partial charge is 0.326 e. The van der Waals surface area contributed by atoms with E-state index in [0.29, 0.717) is 11.4 Å². The van der Waals surface area contributed by atoms with Crippen LogP contribution < -0.4 is 10.2 Å². The molecule has 8 heteroatoms. The van der Waals surface area contributed by atoms with Crippen molar-refractivity contribution in [3.05, 3.63) is 77.6 Å². The van der Waals surface area contributed by atoms with Gasteiger partial charge in [-0.3, -0.25) is 9.69 Å². The predicted molar refractivity (Wildman–Crippen MR) is 173 cm³/mol. The topological polar surface area (TPSA) is 98.7 Å². The van der Waals surface area contributed by atoms with Crippen molar-refractivity contribution in [2.75, 3.05) is 37.6 Å². The highest BCUT2D eigenvalue weighted by Crippen LogP contribution is 2.23. The van der Waals surface area contributed by atoms with Gasteiger partial charge >= 0.3 is 5.97 Å². The lowest BCUT2D eigenvalue weighted by molar-refractivity contribution is -0.139. The fourth-order valence-corrected chi connectivity index (χ4v) is 5.39. The van der Waals surface area contributed by atoms with Gasteiger partial charge in [0.05, 0.1) is 18.1 Å². The number of carboxylic acids is 1. The van der Waals surface area contributed by atoms with Crippen LogP contribution in [0.1, 0.15) is 81.3 Å². The number of nitrogens with zero attached hydrogens (tertiary/aromatic N) is 4. The fourth-order valence-electron chi connectivity index (χ4n) is 5.39. The molecule has 0 unspecified atom stereocenters. The molecule has 2 aromatic carbocycles. The van der Waals surface area contributed by atoms with Crippen molar-refractivity contribution in [2.24, 2.45) is 0 Å². The molecule has 2 N–H and O–H groups in total. The summed E-state index contributed by atoms with van der Waals surface area (Å²) in [6.45, 7) is 13.9. The average Bonchev–Trinajstić information content (AvgIpc) is 3.01. The van der Waals surface area contributed by atoms with Crippen molar-refractivity contribution < 1.29 is 14.7 Å². The monoisotopic (exact) mass is 585 g/mol. The lowest BCUT2D eigenvalue weighted by Crippen LogP contribution is -2.46. The van der Waals surface area contributed by atoms with E-state index in [1.807, 2.05) is 48.8 Å². The molecule has 2 heterocycles. The second kappa shape index (κ2) is 15.1. The third kappa shape index (κ3) is 9.35. The van der Waals surface area contributed by atoms with E-state index in [1.165, 1.54) is 38.6 Å². The quantitative estimate of drug-likeness (QED) is 0.239. The summed E-state index contributed by atoms with van der Waals surface area (Å²) in [4.78, 5) is 38.9. The number of hydrogen-bond donors (Lipinski definition) is 2. The Morgan fingerprint density at radius 3 is 2.09 bits per heavy atom. The van der Waals surface area contributed by atoms with Gasteiger partial charge in [-0.15, -0.1) is 0 Å². The average molecular weight is 586 g/mol. The zero-order valence-electron chi connectivity index (χ0n) is 26.2. The van der Waals surface area contributed by atoms with E-state index in [0.717, 1.165) is 48.6 Å². The Balaban J connectivity index is 1.29. The number of carbonyl (C=O) groups excluding carboxylic acids is 1. The lowest BCUT2D eigenvalue weighted by atomic mass is 9.86. The van der Waals surface area contributed by atoms with Crippen LogP contribution in [-0.4, -0.2) is 70.6 Å². The van der Waals surface area contributed by atoms with E-state index in [2.05, 4.69) is 52.8 Å². The first kappa shape index (κ1) is 32.1. The molecule has 1 atom stereocenters. The molecule has 230 valence electrons. The normalized spacial score (nSPS) is 14.8. The number of anilines is 1. The van der Waals surface area contributed by atoms with Gasteiger partial charge < -0.3 is 15.3 Å². The van der Waals surface area contributed by atoms with E-state index in [9.17, 15) is 14.7 Å². The van der Waals surface area contributed by atoms with E-state index in [4.69, 9.17) is 0 Å². The Kier molecular flexibility index (Phi) is 11.3. The molecule has 1 aliphatic rings. The molecule has 0 saturated carbocycles. The second-order valence-corrected chi connectivity index (χ2v) is 12.6. The number of benzene rings is 2. The highest BCUT2D eigenvalue weighted by molar-refractivity contribution is 5.96. The molecule has 43 heavy (non-hydrogen) atoms. The maximum Gasteiger partial charge on any atom is 0.326 e. The number of aromatic nitrogens is 2. The molecule has 0 aliphatic carbocycles. The van der Waals surface area contributed by atoms with E-state index >= 15 is 0 Å². The van der Waals surface area contributed by atoms with Crippen molar-refractivity contribution in [1.82, 2.24) is 20.2 Å². The first-order chi connectivity index (χ1) is 20.6. The van der Waals surface area contributed by atoms with Crippen LogP contribution in [0.15, 0.2) is 60.9 Å². The number of aliphatic carboxylic acids is 1. The molecule has 0 radical (unpaired) electrons. The summed E-state index contributed by atoms with van der Waals surface area (Å²) < 4.78 is 0. The minimum Gasteiger partial charge on any atom is -0.480 e. The molecule has 0 bridgehead atoms. The standard InChI is InChI=1S/C35H47N5O3/c1-5-6-7-8-9-18-39-19-21-40(22-20-39)30-24-36-32(37-25-30)27-12-10-26(11-13-27)23-31(34(42)43)38-33(41)28-14-16-29(17-15-28)35(2,3)4/h10-17,24-25,31H,5-9,18-23H2,1-4H3,(H,38,41)(H,42,43)/t31-/m0/s1. The molecule has 0 spiro atoms. The number of carbonyl (C=O) groups is 2. The molecule has 4 rings (SSSR count). The van der Waals surface area contributed by atoms with Gasteiger partial charge in [-0.05, 0) is 41.6 Å². The molecular weight excluding hydrogens is 538 g/mol. The highest BCUT2D eigenvalue weighted by atomic mass is 16.4. The molecule has 3 aromatic rings. The zero-order valence-corrected chi connectivity index (χ0v) is 26.2. The number of hydrogen-bond acceptors (Lipinski definition) is 6. The van der Waals surface area contributed by atoms with Crippen molar-refractivity contribution >= 4 is 17.6 Å². The predicted octanol–water partition coefficient (Wildman–Crippen LogP) is 5.96. The van der Waals surface area contributed by atoms with Crippen LogP contribution >= 0.6 is 0 Å². The van der Waals surface area contributed by atoms with Crippen LogP contribution in [0.2, 0.25) is 0 Å². The number of unbranched alkanes of at least 4 members (excludes halogenated alkanes) is 4. The maximum absolute atomic E-state index is 12.8.